The van der Waals surface area contributed by atoms with E-state index in [-0.39, 0.29) is 45.0 Å². The molecule has 0 aliphatic heterocycles. The molecule has 4 aromatic rings. The van der Waals surface area contributed by atoms with Gasteiger partial charge in [0.15, 0.2) is 11.5 Å². The zero-order chi connectivity index (χ0) is 30.1. The molecule has 0 amide bonds. The number of benzene rings is 3. The first kappa shape index (κ1) is 30.3. The summed E-state index contributed by atoms with van der Waals surface area (Å²) in [5, 5.41) is 13.1. The van der Waals surface area contributed by atoms with Crippen LogP contribution in [0.1, 0.15) is 12.6 Å². The van der Waals surface area contributed by atoms with E-state index in [0.717, 1.165) is 16.8 Å². The van der Waals surface area contributed by atoms with Gasteiger partial charge in [-0.1, -0.05) is 29.3 Å². The van der Waals surface area contributed by atoms with Crippen LogP contribution < -0.4 is 14.8 Å². The van der Waals surface area contributed by atoms with E-state index in [2.05, 4.69) is 15.3 Å². The largest absolute Gasteiger partial charge is 0.497 e. The third-order valence-corrected chi connectivity index (χ3v) is 9.24. The van der Waals surface area contributed by atoms with Gasteiger partial charge in [0, 0.05) is 17.6 Å². The van der Waals surface area contributed by atoms with Crippen molar-refractivity contribution in [3.63, 3.8) is 0 Å². The SMILES string of the molecule is CCN(c1cccc(Cl)c1)S(=O)(=O)c1ccc(OC)cc1N=Nc1c(C)nn(-c2cc(S(=O)(=O)O)ccc2Cl)c1N. The van der Waals surface area contributed by atoms with Crippen LogP contribution in [0.3, 0.4) is 0 Å². The molecule has 0 atom stereocenters. The molecule has 0 spiro atoms. The maximum absolute atomic E-state index is 13.8. The van der Waals surface area contributed by atoms with E-state index in [0.29, 0.717) is 16.5 Å². The number of methoxy groups -OCH3 is 1. The minimum Gasteiger partial charge on any atom is -0.497 e. The monoisotopic (exact) mass is 638 g/mol. The molecule has 1 aromatic heterocycles. The highest BCUT2D eigenvalue weighted by molar-refractivity contribution is 7.93. The number of aryl methyl sites for hydroxylation is 1. The van der Waals surface area contributed by atoms with Crippen molar-refractivity contribution >= 4 is 66.2 Å². The molecule has 41 heavy (non-hydrogen) atoms. The Morgan fingerprint density at radius 3 is 2.41 bits per heavy atom. The number of hydrogen-bond donors (Lipinski definition) is 2. The molecule has 0 bridgehead atoms. The summed E-state index contributed by atoms with van der Waals surface area (Å²) in [5.41, 5.74) is 7.02. The Morgan fingerprint density at radius 1 is 1.05 bits per heavy atom. The number of hydrogen-bond acceptors (Lipinski definition) is 9. The summed E-state index contributed by atoms with van der Waals surface area (Å²) in [7, 11) is -7.26. The summed E-state index contributed by atoms with van der Waals surface area (Å²) in [6.45, 7) is 3.36. The zero-order valence-electron chi connectivity index (χ0n) is 21.9. The first-order valence-corrected chi connectivity index (χ1v) is 15.4. The van der Waals surface area contributed by atoms with Crippen LogP contribution in [0.4, 0.5) is 22.9 Å². The highest BCUT2D eigenvalue weighted by Crippen LogP contribution is 2.37. The summed E-state index contributed by atoms with van der Waals surface area (Å²) < 4.78 is 67.9. The Kier molecular flexibility index (Phi) is 8.61. The summed E-state index contributed by atoms with van der Waals surface area (Å²) in [6.07, 6.45) is 0. The van der Waals surface area contributed by atoms with Gasteiger partial charge < -0.3 is 10.5 Å². The number of sulfonamides is 1. The normalized spacial score (nSPS) is 12.1. The predicted octanol–water partition coefficient (Wildman–Crippen LogP) is 5.96. The van der Waals surface area contributed by atoms with Crippen LogP contribution in [0.15, 0.2) is 80.7 Å². The number of halogens is 2. The molecule has 216 valence electrons. The molecule has 0 fully saturated rings. The van der Waals surface area contributed by atoms with Crippen molar-refractivity contribution in [1.82, 2.24) is 9.78 Å². The lowest BCUT2D eigenvalue weighted by Crippen LogP contribution is -2.30. The standard InChI is InChI=1S/C25H24Cl2N6O6S2/c1-4-32(17-7-5-6-16(26)12-17)40(34,35)23-11-8-18(39-3)13-21(23)29-30-24-15(2)31-33(25(24)28)22-14-19(41(36,37)38)9-10-20(22)27/h5-14H,4,28H2,1-3H3,(H,36,37,38). The molecule has 1 heterocycles. The first-order valence-electron chi connectivity index (χ1n) is 11.8. The number of ether oxygens (including phenoxy) is 1. The average Bonchev–Trinajstić information content (AvgIpc) is 3.19. The van der Waals surface area contributed by atoms with E-state index in [9.17, 15) is 21.4 Å². The van der Waals surface area contributed by atoms with Crippen LogP contribution in [0.5, 0.6) is 5.75 Å². The number of anilines is 2. The van der Waals surface area contributed by atoms with Gasteiger partial charge in [-0.2, -0.15) is 13.5 Å². The molecular formula is C25H24Cl2N6O6S2. The zero-order valence-corrected chi connectivity index (χ0v) is 25.0. The maximum Gasteiger partial charge on any atom is 0.294 e. The number of nitrogens with two attached hydrogens (primary N) is 1. The number of azo groups is 1. The van der Waals surface area contributed by atoms with Crippen LogP contribution in [0.25, 0.3) is 5.69 Å². The Labute approximate surface area is 246 Å². The minimum atomic E-state index is -4.53. The Morgan fingerprint density at radius 2 is 1.78 bits per heavy atom. The summed E-state index contributed by atoms with van der Waals surface area (Å²) in [5.74, 6) is 0.264. The summed E-state index contributed by atoms with van der Waals surface area (Å²) >= 11 is 12.4. The molecule has 3 aromatic carbocycles. The molecule has 0 radical (unpaired) electrons. The first-order chi connectivity index (χ1) is 19.3. The van der Waals surface area contributed by atoms with Crippen molar-refractivity contribution in [2.45, 2.75) is 23.6 Å². The van der Waals surface area contributed by atoms with Crippen LogP contribution >= 0.6 is 23.2 Å². The van der Waals surface area contributed by atoms with Crippen molar-refractivity contribution in [3.05, 3.63) is 76.4 Å². The fraction of sp³-hybridized carbons (Fsp3) is 0.160. The van der Waals surface area contributed by atoms with Crippen molar-refractivity contribution < 1.29 is 26.1 Å². The fourth-order valence-corrected chi connectivity index (χ4v) is 6.38. The van der Waals surface area contributed by atoms with Gasteiger partial charge in [0.05, 0.1) is 34.1 Å². The van der Waals surface area contributed by atoms with Crippen molar-refractivity contribution in [2.24, 2.45) is 10.2 Å². The van der Waals surface area contributed by atoms with E-state index in [1.165, 1.54) is 41.7 Å². The highest BCUT2D eigenvalue weighted by atomic mass is 35.5. The second-order valence-corrected chi connectivity index (χ2v) is 12.6. The van der Waals surface area contributed by atoms with E-state index < -0.39 is 25.0 Å². The quantitative estimate of drug-likeness (QED) is 0.167. The van der Waals surface area contributed by atoms with Crippen LogP contribution in [0, 0.1) is 6.92 Å². The smallest absolute Gasteiger partial charge is 0.294 e. The lowest BCUT2D eigenvalue weighted by molar-refractivity contribution is 0.414. The van der Waals surface area contributed by atoms with Crippen LogP contribution in [-0.2, 0) is 20.1 Å². The Hall–Kier alpha value is -3.69. The van der Waals surface area contributed by atoms with E-state index in [4.69, 9.17) is 33.7 Å². The predicted molar refractivity (Wildman–Crippen MR) is 156 cm³/mol. The van der Waals surface area contributed by atoms with Gasteiger partial charge in [-0.3, -0.25) is 8.86 Å². The van der Waals surface area contributed by atoms with Gasteiger partial charge >= 0.3 is 0 Å². The molecular weight excluding hydrogens is 615 g/mol. The summed E-state index contributed by atoms with van der Waals surface area (Å²) in [4.78, 5) is -0.574. The number of nitrogen functional groups attached to an aromatic ring is 1. The molecule has 3 N–H and O–H groups in total. The number of rotatable bonds is 9. The topological polar surface area (TPSA) is 170 Å². The summed E-state index contributed by atoms with van der Waals surface area (Å²) in [6, 6.07) is 14.2. The third kappa shape index (κ3) is 6.16. The third-order valence-electron chi connectivity index (χ3n) is 5.88. The Balaban J connectivity index is 1.81. The average molecular weight is 640 g/mol. The second kappa shape index (κ2) is 11.7. The van der Waals surface area contributed by atoms with Crippen molar-refractivity contribution in [2.75, 3.05) is 23.7 Å². The van der Waals surface area contributed by atoms with Crippen LogP contribution in [0.2, 0.25) is 10.0 Å². The van der Waals surface area contributed by atoms with E-state index in [1.54, 1.807) is 32.0 Å². The lowest BCUT2D eigenvalue weighted by Gasteiger charge is -2.23. The van der Waals surface area contributed by atoms with Gasteiger partial charge in [-0.05, 0) is 62.4 Å². The molecule has 0 saturated heterocycles. The maximum atomic E-state index is 13.8. The molecule has 16 heteroatoms. The Bertz CT molecular complexity index is 1880. The van der Waals surface area contributed by atoms with E-state index in [1.807, 2.05) is 0 Å². The van der Waals surface area contributed by atoms with Crippen LogP contribution in [-0.4, -0.2) is 44.8 Å². The van der Waals surface area contributed by atoms with Gasteiger partial charge in [-0.15, -0.1) is 10.2 Å². The number of nitrogens with zero attached hydrogens (tertiary/aromatic N) is 5. The number of aromatic nitrogens is 2. The molecule has 0 aliphatic rings. The molecule has 12 nitrogen and oxygen atoms in total. The van der Waals surface area contributed by atoms with Crippen molar-refractivity contribution in [3.8, 4) is 11.4 Å². The van der Waals surface area contributed by atoms with Gasteiger partial charge in [0.25, 0.3) is 20.1 Å². The highest BCUT2D eigenvalue weighted by Gasteiger charge is 2.28. The fourth-order valence-electron chi connectivity index (χ4n) is 3.92. The van der Waals surface area contributed by atoms with Gasteiger partial charge in [0.1, 0.15) is 16.3 Å². The van der Waals surface area contributed by atoms with E-state index >= 15 is 0 Å². The van der Waals surface area contributed by atoms with Gasteiger partial charge in [0.2, 0.25) is 0 Å². The molecule has 0 unspecified atom stereocenters. The second-order valence-electron chi connectivity index (χ2n) is 8.50. The molecule has 0 aliphatic carbocycles. The lowest BCUT2D eigenvalue weighted by atomic mass is 10.3. The molecule has 4 rings (SSSR count). The van der Waals surface area contributed by atoms with Crippen molar-refractivity contribution in [1.29, 1.82) is 0 Å². The minimum absolute atomic E-state index is 0.0391. The molecule has 0 saturated carbocycles. The van der Waals surface area contributed by atoms with Gasteiger partial charge in [-0.25, -0.2) is 13.1 Å².